The number of amidine groups is 1. The Balaban J connectivity index is 1.54. The number of aliphatic imine (C=N–C) groups is 1. The normalized spacial score (nSPS) is 15.8. The van der Waals surface area contributed by atoms with Crippen molar-refractivity contribution in [1.29, 1.82) is 0 Å². The molecule has 180 valence electrons. The lowest BCUT2D eigenvalue weighted by Crippen LogP contribution is -2.28. The number of benzene rings is 3. The van der Waals surface area contributed by atoms with Crippen molar-refractivity contribution in [2.45, 2.75) is 13.5 Å². The van der Waals surface area contributed by atoms with Crippen LogP contribution in [0.2, 0.25) is 10.0 Å². The van der Waals surface area contributed by atoms with Crippen molar-refractivity contribution >= 4 is 57.8 Å². The summed E-state index contributed by atoms with van der Waals surface area (Å²) in [6.45, 7) is 2.56. The Morgan fingerprint density at radius 3 is 2.31 bits per heavy atom. The molecule has 0 radical (unpaired) electrons. The summed E-state index contributed by atoms with van der Waals surface area (Å²) in [5.74, 6) is 0.590. The van der Waals surface area contributed by atoms with Crippen molar-refractivity contribution in [2.75, 3.05) is 13.7 Å². The predicted molar refractivity (Wildman–Crippen MR) is 140 cm³/mol. The van der Waals surface area contributed by atoms with Crippen LogP contribution in [0.1, 0.15) is 18.1 Å². The molecule has 0 bridgehead atoms. The van der Waals surface area contributed by atoms with Crippen molar-refractivity contribution in [2.24, 2.45) is 4.99 Å². The predicted octanol–water partition coefficient (Wildman–Crippen LogP) is 7.34. The molecule has 0 N–H and O–H groups in total. The van der Waals surface area contributed by atoms with Crippen LogP contribution in [0.15, 0.2) is 70.6 Å². The molecule has 1 heterocycles. The van der Waals surface area contributed by atoms with E-state index in [1.165, 1.54) is 23.9 Å². The Morgan fingerprint density at radius 2 is 1.71 bits per heavy atom. The van der Waals surface area contributed by atoms with Gasteiger partial charge in [0.25, 0.3) is 5.91 Å². The maximum atomic E-state index is 13.1. The molecule has 3 aromatic rings. The summed E-state index contributed by atoms with van der Waals surface area (Å²) in [7, 11) is 1.60. The number of thioether (sulfide) groups is 1. The van der Waals surface area contributed by atoms with E-state index in [0.29, 0.717) is 38.0 Å². The van der Waals surface area contributed by atoms with Gasteiger partial charge in [-0.25, -0.2) is 9.38 Å². The minimum absolute atomic E-state index is 0.145. The van der Waals surface area contributed by atoms with Crippen molar-refractivity contribution in [3.05, 3.63) is 92.6 Å². The maximum Gasteiger partial charge on any atom is 0.266 e. The summed E-state index contributed by atoms with van der Waals surface area (Å²) in [6, 6.07) is 16.6. The fourth-order valence-corrected chi connectivity index (χ4v) is 5.00. The quantitative estimate of drug-likeness (QED) is 0.299. The van der Waals surface area contributed by atoms with Crippen LogP contribution in [0.5, 0.6) is 11.5 Å². The third-order valence-electron chi connectivity index (χ3n) is 5.12. The maximum absolute atomic E-state index is 13.1. The van der Waals surface area contributed by atoms with Crippen molar-refractivity contribution < 1.29 is 18.7 Å². The smallest absolute Gasteiger partial charge is 0.266 e. The van der Waals surface area contributed by atoms with Crippen LogP contribution in [0.25, 0.3) is 6.08 Å². The van der Waals surface area contributed by atoms with E-state index in [0.717, 1.165) is 17.0 Å². The van der Waals surface area contributed by atoms with Gasteiger partial charge in [0.1, 0.15) is 18.2 Å². The van der Waals surface area contributed by atoms with Gasteiger partial charge in [-0.1, -0.05) is 35.3 Å². The molecule has 1 saturated heterocycles. The first-order valence-corrected chi connectivity index (χ1v) is 12.3. The fraction of sp³-hybridized carbons (Fsp3) is 0.154. The first-order valence-electron chi connectivity index (χ1n) is 10.7. The van der Waals surface area contributed by atoms with Gasteiger partial charge in [0, 0.05) is 6.54 Å². The first kappa shape index (κ1) is 25.1. The molecule has 0 atom stereocenters. The number of rotatable bonds is 7. The molecule has 1 fully saturated rings. The molecule has 1 aliphatic rings. The first-order chi connectivity index (χ1) is 16.9. The van der Waals surface area contributed by atoms with Crippen LogP contribution >= 0.6 is 35.0 Å². The lowest BCUT2D eigenvalue weighted by Gasteiger charge is -2.12. The van der Waals surface area contributed by atoms with Gasteiger partial charge in [-0.05, 0) is 84.4 Å². The highest BCUT2D eigenvalue weighted by molar-refractivity contribution is 8.18. The number of amides is 1. The van der Waals surface area contributed by atoms with Crippen LogP contribution in [-0.4, -0.2) is 29.6 Å². The van der Waals surface area contributed by atoms with E-state index < -0.39 is 0 Å². The highest BCUT2D eigenvalue weighted by atomic mass is 35.5. The Hall–Kier alpha value is -3.00. The second kappa shape index (κ2) is 11.2. The zero-order valence-corrected chi connectivity index (χ0v) is 21.3. The summed E-state index contributed by atoms with van der Waals surface area (Å²) >= 11 is 14.1. The highest BCUT2D eigenvalue weighted by Gasteiger charge is 2.32. The molecule has 5 nitrogen and oxygen atoms in total. The van der Waals surface area contributed by atoms with E-state index in [-0.39, 0.29) is 18.3 Å². The molecule has 0 unspecified atom stereocenters. The van der Waals surface area contributed by atoms with E-state index in [9.17, 15) is 9.18 Å². The average molecular weight is 531 g/mol. The van der Waals surface area contributed by atoms with Gasteiger partial charge < -0.3 is 9.47 Å². The number of hydrogen-bond acceptors (Lipinski definition) is 5. The second-order valence-electron chi connectivity index (χ2n) is 7.48. The Morgan fingerprint density at radius 1 is 1.06 bits per heavy atom. The number of hydrogen-bond donors (Lipinski definition) is 0. The molecular weight excluding hydrogens is 510 g/mol. The van der Waals surface area contributed by atoms with E-state index in [1.807, 2.05) is 31.2 Å². The van der Waals surface area contributed by atoms with Crippen molar-refractivity contribution in [3.8, 4) is 11.5 Å². The Bertz CT molecular complexity index is 1270. The third kappa shape index (κ3) is 5.99. The molecule has 9 heteroatoms. The fourth-order valence-electron chi connectivity index (χ4n) is 3.33. The monoisotopic (exact) mass is 530 g/mol. The van der Waals surface area contributed by atoms with Crippen molar-refractivity contribution in [3.63, 3.8) is 0 Å². The lowest BCUT2D eigenvalue weighted by molar-refractivity contribution is -0.122. The Labute approximate surface area is 217 Å². The number of carbonyl (C=O) groups excluding carboxylic acids is 1. The van der Waals surface area contributed by atoms with Crippen LogP contribution < -0.4 is 9.47 Å². The van der Waals surface area contributed by atoms with E-state index in [4.69, 9.17) is 32.7 Å². The summed E-state index contributed by atoms with van der Waals surface area (Å²) in [6.07, 6.45) is 1.73. The second-order valence-corrected chi connectivity index (χ2v) is 9.30. The molecule has 1 amide bonds. The molecular formula is C26H21Cl2FN2O3S. The van der Waals surface area contributed by atoms with Gasteiger partial charge in [0.15, 0.2) is 10.9 Å². The zero-order chi connectivity index (χ0) is 24.9. The molecule has 3 aromatic carbocycles. The lowest BCUT2D eigenvalue weighted by atomic mass is 10.2. The van der Waals surface area contributed by atoms with Gasteiger partial charge in [-0.15, -0.1) is 0 Å². The van der Waals surface area contributed by atoms with E-state index in [2.05, 4.69) is 4.99 Å². The number of methoxy groups -OCH3 is 1. The van der Waals surface area contributed by atoms with Gasteiger partial charge in [-0.3, -0.25) is 9.69 Å². The third-order valence-corrected chi connectivity index (χ3v) is 6.68. The van der Waals surface area contributed by atoms with Gasteiger partial charge in [0.2, 0.25) is 0 Å². The Kier molecular flexibility index (Phi) is 8.00. The molecule has 0 aromatic heterocycles. The number of halogens is 3. The molecule has 1 aliphatic heterocycles. The molecule has 0 aliphatic carbocycles. The summed E-state index contributed by atoms with van der Waals surface area (Å²) in [5, 5.41) is 1.20. The number of nitrogens with zero attached hydrogens (tertiary/aromatic N) is 2. The van der Waals surface area contributed by atoms with Crippen LogP contribution in [-0.2, 0) is 11.4 Å². The van der Waals surface area contributed by atoms with E-state index >= 15 is 0 Å². The molecule has 4 rings (SSSR count). The summed E-state index contributed by atoms with van der Waals surface area (Å²) < 4.78 is 24.0. The summed E-state index contributed by atoms with van der Waals surface area (Å²) in [4.78, 5) is 19.7. The SMILES string of the molecule is CCN1C(=O)/C(=C\c2cc(Cl)c(OCc3ccc(F)cc3)c(Cl)c2)SC1=Nc1ccc(OC)cc1. The van der Waals surface area contributed by atoms with Crippen molar-refractivity contribution in [1.82, 2.24) is 4.90 Å². The van der Waals surface area contributed by atoms with Gasteiger partial charge >= 0.3 is 0 Å². The van der Waals surface area contributed by atoms with Gasteiger partial charge in [-0.2, -0.15) is 0 Å². The number of ether oxygens (including phenoxy) is 2. The molecule has 0 saturated carbocycles. The average Bonchev–Trinajstić information content (AvgIpc) is 3.13. The van der Waals surface area contributed by atoms with Crippen LogP contribution in [0.3, 0.4) is 0 Å². The van der Waals surface area contributed by atoms with Crippen LogP contribution in [0, 0.1) is 5.82 Å². The minimum Gasteiger partial charge on any atom is -0.497 e. The highest BCUT2D eigenvalue weighted by Crippen LogP contribution is 2.38. The number of likely N-dealkylation sites (N-methyl/N-ethyl adjacent to an activating group) is 1. The topological polar surface area (TPSA) is 51.1 Å². The molecule has 35 heavy (non-hydrogen) atoms. The standard InChI is InChI=1S/C26H21Cl2FN2O3S/c1-3-31-25(32)23(35-26(31)30-19-8-10-20(33-2)11-9-19)14-17-12-21(27)24(22(28)13-17)34-15-16-4-6-18(29)7-5-16/h4-14H,3,15H2,1-2H3/b23-14+,30-26?. The van der Waals surface area contributed by atoms with Crippen LogP contribution in [0.4, 0.5) is 10.1 Å². The number of carbonyl (C=O) groups is 1. The zero-order valence-electron chi connectivity index (χ0n) is 18.9. The largest absolute Gasteiger partial charge is 0.497 e. The minimum atomic E-state index is -0.319. The van der Waals surface area contributed by atoms with E-state index in [1.54, 1.807) is 42.4 Å². The van der Waals surface area contributed by atoms with Gasteiger partial charge in [0.05, 0.1) is 27.7 Å². The summed E-state index contributed by atoms with van der Waals surface area (Å²) in [5.41, 5.74) is 2.15. The molecule has 0 spiro atoms.